The summed E-state index contributed by atoms with van der Waals surface area (Å²) in [6, 6.07) is 9.96. The molecule has 1 unspecified atom stereocenters. The van der Waals surface area contributed by atoms with Gasteiger partial charge in [-0.1, -0.05) is 38.1 Å². The maximum Gasteiger partial charge on any atom is 0.331 e. The predicted octanol–water partition coefficient (Wildman–Crippen LogP) is 3.08. The van der Waals surface area contributed by atoms with E-state index >= 15 is 0 Å². The summed E-state index contributed by atoms with van der Waals surface area (Å²) in [6.07, 6.45) is 1.32. The zero-order chi connectivity index (χ0) is 14.1. The van der Waals surface area contributed by atoms with Crippen LogP contribution in [0.25, 0.3) is 0 Å². The summed E-state index contributed by atoms with van der Waals surface area (Å²) >= 11 is 0. The van der Waals surface area contributed by atoms with Crippen molar-refractivity contribution in [2.75, 3.05) is 6.61 Å². The van der Waals surface area contributed by atoms with Crippen LogP contribution in [0.1, 0.15) is 44.7 Å². The Morgan fingerprint density at radius 2 is 1.95 bits per heavy atom. The molecule has 0 amide bonds. The topological polar surface area (TPSA) is 50.1 Å². The fourth-order valence-corrected chi connectivity index (χ4v) is 2.84. The molecule has 3 nitrogen and oxygen atoms in total. The molecule has 0 aliphatic heterocycles. The van der Waals surface area contributed by atoms with E-state index in [1.807, 2.05) is 24.3 Å². The highest BCUT2D eigenvalue weighted by Gasteiger charge is 2.49. The number of ether oxygens (including phenoxy) is 1. The Hall–Kier alpha value is -1.82. The van der Waals surface area contributed by atoms with Crippen molar-refractivity contribution < 1.29 is 9.53 Å². The predicted molar refractivity (Wildman–Crippen MR) is 72.6 cm³/mol. The summed E-state index contributed by atoms with van der Waals surface area (Å²) < 4.78 is 5.14. The molecule has 0 saturated carbocycles. The molecule has 1 atom stereocenters. The average Bonchev–Trinajstić information content (AvgIpc) is 2.40. The Kier molecular flexibility index (Phi) is 3.36. The number of nitriles is 1. The first-order valence-corrected chi connectivity index (χ1v) is 6.66. The van der Waals surface area contributed by atoms with E-state index in [9.17, 15) is 10.1 Å². The van der Waals surface area contributed by atoms with Crippen molar-refractivity contribution in [1.29, 1.82) is 5.26 Å². The summed E-state index contributed by atoms with van der Waals surface area (Å²) in [5.74, 6) is -0.416. The molecule has 100 valence electrons. The third-order valence-corrected chi connectivity index (χ3v) is 4.06. The molecular weight excluding hydrogens is 238 g/mol. The minimum absolute atomic E-state index is 0.0105. The number of fused-ring (bicyclic) bond motifs is 1. The number of rotatable bonds is 2. The van der Waals surface area contributed by atoms with Crippen LogP contribution in [0.15, 0.2) is 24.3 Å². The number of carbonyl (C=O) groups excluding carboxylic acids is 1. The fraction of sp³-hybridized carbons (Fsp3) is 0.500. The molecule has 0 heterocycles. The molecular formula is C16H19NO2. The molecule has 0 bridgehead atoms. The summed E-state index contributed by atoms with van der Waals surface area (Å²) in [4.78, 5) is 12.3. The highest BCUT2D eigenvalue weighted by molar-refractivity contribution is 5.88. The van der Waals surface area contributed by atoms with Crippen molar-refractivity contribution in [3.63, 3.8) is 0 Å². The second-order valence-corrected chi connectivity index (χ2v) is 5.67. The van der Waals surface area contributed by atoms with Crippen molar-refractivity contribution in [2.45, 2.75) is 44.4 Å². The van der Waals surface area contributed by atoms with Crippen LogP contribution in [0, 0.1) is 11.3 Å². The lowest BCUT2D eigenvalue weighted by Crippen LogP contribution is -2.43. The molecule has 0 aromatic heterocycles. The standard InChI is InChI=1S/C16H19NO2/c1-4-19-14(18)16(11-17)10-9-15(2,3)12-7-5-6-8-13(12)16/h5-8H,4,9-10H2,1-3H3. The molecule has 0 radical (unpaired) electrons. The van der Waals surface area contributed by atoms with Crippen LogP contribution in [0.2, 0.25) is 0 Å². The van der Waals surface area contributed by atoms with Crippen LogP contribution in [0.4, 0.5) is 0 Å². The van der Waals surface area contributed by atoms with Gasteiger partial charge in [-0.25, -0.2) is 4.79 Å². The minimum Gasteiger partial charge on any atom is -0.465 e. The molecule has 0 spiro atoms. The van der Waals surface area contributed by atoms with E-state index in [1.54, 1.807) is 6.92 Å². The second kappa shape index (κ2) is 4.70. The van der Waals surface area contributed by atoms with E-state index in [0.29, 0.717) is 13.0 Å². The first-order chi connectivity index (χ1) is 8.98. The van der Waals surface area contributed by atoms with Crippen molar-refractivity contribution in [3.05, 3.63) is 35.4 Å². The van der Waals surface area contributed by atoms with Crippen LogP contribution in [0.5, 0.6) is 0 Å². The van der Waals surface area contributed by atoms with Crippen LogP contribution in [-0.2, 0) is 20.4 Å². The largest absolute Gasteiger partial charge is 0.465 e. The van der Waals surface area contributed by atoms with Crippen LogP contribution >= 0.6 is 0 Å². The van der Waals surface area contributed by atoms with Gasteiger partial charge in [-0.15, -0.1) is 0 Å². The van der Waals surface area contributed by atoms with Crippen LogP contribution in [-0.4, -0.2) is 12.6 Å². The van der Waals surface area contributed by atoms with Gasteiger partial charge in [0.25, 0.3) is 0 Å². The van der Waals surface area contributed by atoms with Gasteiger partial charge in [-0.2, -0.15) is 5.26 Å². The summed E-state index contributed by atoms with van der Waals surface area (Å²) in [5.41, 5.74) is 0.744. The zero-order valence-corrected chi connectivity index (χ0v) is 11.7. The molecule has 3 heteroatoms. The first kappa shape index (κ1) is 13.6. The summed E-state index contributed by atoms with van der Waals surface area (Å²) in [7, 11) is 0. The number of carbonyl (C=O) groups is 1. The molecule has 1 aliphatic carbocycles. The monoisotopic (exact) mass is 257 g/mol. The number of nitrogens with zero attached hydrogens (tertiary/aromatic N) is 1. The molecule has 1 aromatic carbocycles. The van der Waals surface area contributed by atoms with E-state index in [1.165, 1.54) is 0 Å². The molecule has 0 N–H and O–H groups in total. The van der Waals surface area contributed by atoms with E-state index in [4.69, 9.17) is 4.74 Å². The van der Waals surface area contributed by atoms with Gasteiger partial charge in [-0.3, -0.25) is 0 Å². The smallest absolute Gasteiger partial charge is 0.331 e. The van der Waals surface area contributed by atoms with Gasteiger partial charge in [0.15, 0.2) is 5.41 Å². The normalized spacial score (nSPS) is 24.1. The van der Waals surface area contributed by atoms with Crippen molar-refractivity contribution in [3.8, 4) is 6.07 Å². The molecule has 0 fully saturated rings. The Labute approximate surface area is 114 Å². The molecule has 1 aromatic rings. The lowest BCUT2D eigenvalue weighted by Gasteiger charge is -2.40. The maximum atomic E-state index is 12.3. The van der Waals surface area contributed by atoms with E-state index < -0.39 is 11.4 Å². The molecule has 19 heavy (non-hydrogen) atoms. The van der Waals surface area contributed by atoms with Gasteiger partial charge >= 0.3 is 5.97 Å². The number of esters is 1. The van der Waals surface area contributed by atoms with E-state index in [2.05, 4.69) is 19.9 Å². The average molecular weight is 257 g/mol. The number of benzene rings is 1. The Bertz CT molecular complexity index is 542. The summed E-state index contributed by atoms with van der Waals surface area (Å²) in [6.45, 7) is 6.37. The van der Waals surface area contributed by atoms with Crippen molar-refractivity contribution >= 4 is 5.97 Å². The van der Waals surface area contributed by atoms with Gasteiger partial charge < -0.3 is 4.74 Å². The minimum atomic E-state index is -1.14. The highest BCUT2D eigenvalue weighted by Crippen LogP contribution is 2.46. The zero-order valence-electron chi connectivity index (χ0n) is 11.7. The molecule has 2 rings (SSSR count). The quantitative estimate of drug-likeness (QED) is 0.765. The van der Waals surface area contributed by atoms with Gasteiger partial charge in [-0.05, 0) is 36.3 Å². The lowest BCUT2D eigenvalue weighted by molar-refractivity contribution is -0.148. The third kappa shape index (κ3) is 2.02. The molecule has 1 aliphatic rings. The lowest BCUT2D eigenvalue weighted by atomic mass is 9.62. The summed E-state index contributed by atoms with van der Waals surface area (Å²) in [5, 5.41) is 9.60. The Balaban J connectivity index is 2.61. The van der Waals surface area contributed by atoms with Gasteiger partial charge in [0.05, 0.1) is 12.7 Å². The van der Waals surface area contributed by atoms with Crippen LogP contribution in [0.3, 0.4) is 0 Å². The van der Waals surface area contributed by atoms with Gasteiger partial charge in [0.1, 0.15) is 0 Å². The maximum absolute atomic E-state index is 12.3. The first-order valence-electron chi connectivity index (χ1n) is 6.66. The van der Waals surface area contributed by atoms with E-state index in [0.717, 1.165) is 17.5 Å². The van der Waals surface area contributed by atoms with Crippen molar-refractivity contribution in [1.82, 2.24) is 0 Å². The fourth-order valence-electron chi connectivity index (χ4n) is 2.84. The molecule has 0 saturated heterocycles. The number of hydrogen-bond acceptors (Lipinski definition) is 3. The van der Waals surface area contributed by atoms with Crippen LogP contribution < -0.4 is 0 Å². The SMILES string of the molecule is CCOC(=O)C1(C#N)CCC(C)(C)c2ccccc21. The highest BCUT2D eigenvalue weighted by atomic mass is 16.5. The Morgan fingerprint density at radius 1 is 1.32 bits per heavy atom. The van der Waals surface area contributed by atoms with E-state index in [-0.39, 0.29) is 5.41 Å². The van der Waals surface area contributed by atoms with Gasteiger partial charge in [0, 0.05) is 0 Å². The van der Waals surface area contributed by atoms with Crippen molar-refractivity contribution in [2.24, 2.45) is 0 Å². The van der Waals surface area contributed by atoms with Gasteiger partial charge in [0.2, 0.25) is 0 Å². The Morgan fingerprint density at radius 3 is 2.53 bits per heavy atom. The second-order valence-electron chi connectivity index (χ2n) is 5.67. The third-order valence-electron chi connectivity index (χ3n) is 4.06. The number of hydrogen-bond donors (Lipinski definition) is 0.